The Morgan fingerprint density at radius 1 is 1.20 bits per heavy atom. The summed E-state index contributed by atoms with van der Waals surface area (Å²) in [6.07, 6.45) is -1.10. The van der Waals surface area contributed by atoms with Gasteiger partial charge in [0.2, 0.25) is 0 Å². The fourth-order valence-corrected chi connectivity index (χ4v) is 2.15. The predicted molar refractivity (Wildman–Crippen MR) is 76.4 cm³/mol. The van der Waals surface area contributed by atoms with Gasteiger partial charge in [0.05, 0.1) is 13.2 Å². The van der Waals surface area contributed by atoms with Crippen LogP contribution in [0.25, 0.3) is 0 Å². The molecule has 0 saturated carbocycles. The molecule has 0 spiro atoms. The fourth-order valence-electron chi connectivity index (χ4n) is 2.15. The molecule has 20 heavy (non-hydrogen) atoms. The molecular formula is C15H21NO4. The molecule has 5 heteroatoms. The van der Waals surface area contributed by atoms with Gasteiger partial charge in [-0.3, -0.25) is 9.69 Å². The molecule has 110 valence electrons. The van der Waals surface area contributed by atoms with Gasteiger partial charge in [-0.15, -0.1) is 0 Å². The molecule has 0 saturated heterocycles. The van der Waals surface area contributed by atoms with Gasteiger partial charge in [0.15, 0.2) is 5.78 Å². The van der Waals surface area contributed by atoms with Gasteiger partial charge < -0.3 is 9.84 Å². The summed E-state index contributed by atoms with van der Waals surface area (Å²) in [6.45, 7) is 6.89. The smallest absolute Gasteiger partial charge is 0.408 e. The van der Waals surface area contributed by atoms with Crippen molar-refractivity contribution >= 4 is 11.9 Å². The number of ketones is 1. The number of benzene rings is 1. The molecule has 0 unspecified atom stereocenters. The number of hydrogen-bond acceptors (Lipinski definition) is 3. The Kier molecular flexibility index (Phi) is 4.76. The van der Waals surface area contributed by atoms with E-state index in [2.05, 4.69) is 0 Å². The fraction of sp³-hybridized carbons (Fsp3) is 0.467. The number of carboxylic acid groups (broad SMARTS) is 1. The average Bonchev–Trinajstić information content (AvgIpc) is 2.35. The van der Waals surface area contributed by atoms with Crippen molar-refractivity contribution in [2.45, 2.75) is 39.3 Å². The maximum absolute atomic E-state index is 12.4. The highest BCUT2D eigenvalue weighted by Crippen LogP contribution is 2.21. The molecule has 0 aliphatic rings. The molecule has 1 amide bonds. The van der Waals surface area contributed by atoms with Crippen LogP contribution in [0.2, 0.25) is 0 Å². The zero-order valence-electron chi connectivity index (χ0n) is 12.5. The van der Waals surface area contributed by atoms with Crippen LogP contribution in [0, 0.1) is 0 Å². The van der Waals surface area contributed by atoms with Gasteiger partial charge in [-0.25, -0.2) is 4.79 Å². The van der Waals surface area contributed by atoms with Gasteiger partial charge >= 0.3 is 6.09 Å². The predicted octanol–water partition coefficient (Wildman–Crippen LogP) is 3.04. The first kappa shape index (κ1) is 16.0. The Hall–Kier alpha value is -2.04. The number of hydrogen-bond donors (Lipinski definition) is 1. The van der Waals surface area contributed by atoms with Gasteiger partial charge in [0.1, 0.15) is 5.75 Å². The molecule has 0 fully saturated rings. The quantitative estimate of drug-likeness (QED) is 0.860. The number of rotatable bonds is 4. The van der Waals surface area contributed by atoms with Gasteiger partial charge in [0.25, 0.3) is 0 Å². The lowest BCUT2D eigenvalue weighted by molar-refractivity contribution is 0.0589. The van der Waals surface area contributed by atoms with E-state index in [1.54, 1.807) is 59.1 Å². The topological polar surface area (TPSA) is 66.8 Å². The van der Waals surface area contributed by atoms with Crippen LogP contribution >= 0.6 is 0 Å². The molecule has 1 atom stereocenters. The van der Waals surface area contributed by atoms with Crippen molar-refractivity contribution in [1.82, 2.24) is 4.90 Å². The minimum atomic E-state index is -1.10. The monoisotopic (exact) mass is 279 g/mol. The van der Waals surface area contributed by atoms with Gasteiger partial charge in [-0.1, -0.05) is 0 Å². The van der Waals surface area contributed by atoms with Crippen LogP contribution in [0.15, 0.2) is 24.3 Å². The molecule has 5 nitrogen and oxygen atoms in total. The second-order valence-corrected chi connectivity index (χ2v) is 5.59. The zero-order chi connectivity index (χ0) is 15.5. The molecule has 1 N–H and O–H groups in total. The van der Waals surface area contributed by atoms with Crippen molar-refractivity contribution in [2.24, 2.45) is 0 Å². The van der Waals surface area contributed by atoms with E-state index in [1.165, 1.54) is 4.90 Å². The van der Waals surface area contributed by atoms with Crippen LogP contribution in [0.3, 0.4) is 0 Å². The molecule has 0 bridgehead atoms. The van der Waals surface area contributed by atoms with Crippen LogP contribution in [0.1, 0.15) is 38.1 Å². The Bertz CT molecular complexity index is 488. The maximum atomic E-state index is 12.4. The molecule has 0 radical (unpaired) electrons. The first-order valence-electron chi connectivity index (χ1n) is 6.39. The number of amides is 1. The lowest BCUT2D eigenvalue weighted by atomic mass is 9.98. The van der Waals surface area contributed by atoms with Gasteiger partial charge in [0, 0.05) is 11.1 Å². The lowest BCUT2D eigenvalue weighted by Crippen LogP contribution is -2.52. The second-order valence-electron chi connectivity index (χ2n) is 5.59. The van der Waals surface area contributed by atoms with E-state index < -0.39 is 17.7 Å². The average molecular weight is 279 g/mol. The van der Waals surface area contributed by atoms with Crippen molar-refractivity contribution in [3.63, 3.8) is 0 Å². The van der Waals surface area contributed by atoms with E-state index in [-0.39, 0.29) is 5.78 Å². The SMILES string of the molecule is COc1ccc(C(=O)[C@@H](C)N(C(=O)O)C(C)(C)C)cc1. The third kappa shape index (κ3) is 3.50. The minimum absolute atomic E-state index is 0.232. The number of methoxy groups -OCH3 is 1. The van der Waals surface area contributed by atoms with E-state index in [1.807, 2.05) is 0 Å². The Balaban J connectivity index is 3.02. The van der Waals surface area contributed by atoms with Crippen LogP contribution in [-0.4, -0.2) is 40.6 Å². The van der Waals surface area contributed by atoms with E-state index in [4.69, 9.17) is 4.74 Å². The van der Waals surface area contributed by atoms with Crippen LogP contribution in [0.5, 0.6) is 5.75 Å². The lowest BCUT2D eigenvalue weighted by Gasteiger charge is -2.37. The highest BCUT2D eigenvalue weighted by molar-refractivity contribution is 6.01. The number of ether oxygens (including phenoxy) is 1. The van der Waals surface area contributed by atoms with E-state index in [0.717, 1.165) is 0 Å². The number of carbonyl (C=O) groups is 2. The van der Waals surface area contributed by atoms with Crippen LogP contribution in [0.4, 0.5) is 4.79 Å². The first-order valence-corrected chi connectivity index (χ1v) is 6.39. The largest absolute Gasteiger partial charge is 0.497 e. The molecule has 1 aromatic carbocycles. The highest BCUT2D eigenvalue weighted by atomic mass is 16.5. The number of carbonyl (C=O) groups excluding carboxylic acids is 1. The van der Waals surface area contributed by atoms with Crippen molar-refractivity contribution in [2.75, 3.05) is 7.11 Å². The Labute approximate surface area is 119 Å². The maximum Gasteiger partial charge on any atom is 0.408 e. The van der Waals surface area contributed by atoms with Crippen molar-refractivity contribution in [3.05, 3.63) is 29.8 Å². The van der Waals surface area contributed by atoms with Crippen molar-refractivity contribution in [3.8, 4) is 5.75 Å². The zero-order valence-corrected chi connectivity index (χ0v) is 12.5. The van der Waals surface area contributed by atoms with Crippen LogP contribution < -0.4 is 4.74 Å². The van der Waals surface area contributed by atoms with Crippen molar-refractivity contribution < 1.29 is 19.4 Å². The standard InChI is InChI=1S/C15H21NO4/c1-10(16(14(18)19)15(2,3)4)13(17)11-6-8-12(20-5)9-7-11/h6-10H,1-5H3,(H,18,19)/t10-/m1/s1. The summed E-state index contributed by atoms with van der Waals surface area (Å²) in [5, 5.41) is 9.31. The summed E-state index contributed by atoms with van der Waals surface area (Å²) in [6, 6.07) is 5.89. The minimum Gasteiger partial charge on any atom is -0.497 e. The van der Waals surface area contributed by atoms with E-state index in [0.29, 0.717) is 11.3 Å². The molecule has 0 heterocycles. The van der Waals surface area contributed by atoms with Crippen molar-refractivity contribution in [1.29, 1.82) is 0 Å². The van der Waals surface area contributed by atoms with Gasteiger partial charge in [-0.05, 0) is 52.0 Å². The number of nitrogens with zero attached hydrogens (tertiary/aromatic N) is 1. The summed E-state index contributed by atoms with van der Waals surface area (Å²) >= 11 is 0. The molecule has 0 aromatic heterocycles. The second kappa shape index (κ2) is 5.94. The summed E-state index contributed by atoms with van der Waals surface area (Å²) in [4.78, 5) is 24.9. The Morgan fingerprint density at radius 2 is 1.70 bits per heavy atom. The summed E-state index contributed by atoms with van der Waals surface area (Å²) in [5.74, 6) is 0.421. The van der Waals surface area contributed by atoms with Gasteiger partial charge in [-0.2, -0.15) is 0 Å². The molecule has 1 aromatic rings. The third-order valence-electron chi connectivity index (χ3n) is 3.07. The Morgan fingerprint density at radius 3 is 2.05 bits per heavy atom. The molecule has 1 rings (SSSR count). The van der Waals surface area contributed by atoms with E-state index in [9.17, 15) is 14.7 Å². The highest BCUT2D eigenvalue weighted by Gasteiger charge is 2.34. The van der Waals surface area contributed by atoms with Crippen LogP contribution in [-0.2, 0) is 0 Å². The molecule has 0 aliphatic carbocycles. The normalized spacial score (nSPS) is 12.7. The molecular weight excluding hydrogens is 258 g/mol. The summed E-state index contributed by atoms with van der Waals surface area (Å²) < 4.78 is 5.03. The third-order valence-corrected chi connectivity index (χ3v) is 3.07. The summed E-state index contributed by atoms with van der Waals surface area (Å²) in [7, 11) is 1.55. The first-order chi connectivity index (χ1) is 9.18. The number of Topliss-reactive ketones (excluding diaryl/α,β-unsaturated/α-hetero) is 1. The molecule has 0 aliphatic heterocycles. The summed E-state index contributed by atoms with van der Waals surface area (Å²) in [5.41, 5.74) is -0.179. The van der Waals surface area contributed by atoms with E-state index >= 15 is 0 Å².